The molecule has 2 saturated carbocycles. The second-order valence-corrected chi connectivity index (χ2v) is 14.4. The van der Waals surface area contributed by atoms with Gasteiger partial charge in [-0.15, -0.1) is 10.2 Å². The lowest BCUT2D eigenvalue weighted by Gasteiger charge is -2.56. The highest BCUT2D eigenvalue weighted by molar-refractivity contribution is 6.05. The second kappa shape index (κ2) is 12.5. The van der Waals surface area contributed by atoms with Crippen molar-refractivity contribution >= 4 is 29.2 Å². The highest BCUT2D eigenvalue weighted by Crippen LogP contribution is 2.54. The predicted octanol–water partition coefficient (Wildman–Crippen LogP) is 3.71. The van der Waals surface area contributed by atoms with Crippen LogP contribution in [0.2, 0.25) is 0 Å². The number of amides is 3. The van der Waals surface area contributed by atoms with Crippen molar-refractivity contribution in [2.24, 2.45) is 11.3 Å². The third kappa shape index (κ3) is 5.99. The first-order valence-electron chi connectivity index (χ1n) is 17.4. The number of aromatic hydroxyl groups is 1. The summed E-state index contributed by atoms with van der Waals surface area (Å²) in [4.78, 5) is 43.8. The molecule has 252 valence electrons. The van der Waals surface area contributed by atoms with Crippen LogP contribution in [0.4, 0.5) is 11.5 Å². The molecule has 1 unspecified atom stereocenters. The molecular formula is C38H41N7O4. The number of nitrogens with two attached hydrogens (primary N) is 1. The van der Waals surface area contributed by atoms with E-state index in [0.717, 1.165) is 50.3 Å². The Bertz CT molecular complexity index is 1880. The Morgan fingerprint density at radius 1 is 0.918 bits per heavy atom. The quantitative estimate of drug-likeness (QED) is 0.282. The number of aromatic nitrogens is 2. The maximum absolute atomic E-state index is 13.1. The smallest absolute Gasteiger partial charge is 0.255 e. The lowest BCUT2D eigenvalue weighted by molar-refractivity contribution is -0.136. The number of carbonyl (C=O) groups excluding carboxylic acids is 3. The van der Waals surface area contributed by atoms with E-state index in [0.29, 0.717) is 58.5 Å². The molecule has 2 aromatic carbocycles. The maximum Gasteiger partial charge on any atom is 0.255 e. The standard InChI is InChI=1S/C38H41N7O4/c39-35-25(20-31(41-42-35)30-3-1-2-4-33(30)46)6-5-24-11-13-38(14-12-24)21-28(22-38)44-17-15-43(16-18-44)27-7-8-29-26(19-27)23-45(37(29)49)32-9-10-34(47)40-36(32)48/h1-4,7-8,19-20,24,28,32,46H,9-18,21-23H2,(H2,39,42)(H,40,47,48). The summed E-state index contributed by atoms with van der Waals surface area (Å²) in [6.07, 6.45) is 7.76. The molecule has 1 aromatic heterocycles. The molecule has 11 nitrogen and oxygen atoms in total. The molecule has 1 spiro atoms. The number of benzene rings is 2. The van der Waals surface area contributed by atoms with Crippen molar-refractivity contribution in [2.75, 3.05) is 36.8 Å². The molecule has 11 heteroatoms. The Morgan fingerprint density at radius 3 is 2.45 bits per heavy atom. The summed E-state index contributed by atoms with van der Waals surface area (Å²) in [6.45, 7) is 4.35. The van der Waals surface area contributed by atoms with Gasteiger partial charge in [0.1, 0.15) is 11.8 Å². The van der Waals surface area contributed by atoms with Crippen LogP contribution in [0.5, 0.6) is 5.75 Å². The number of phenolic OH excluding ortho intramolecular Hbond substituents is 1. The highest BCUT2D eigenvalue weighted by atomic mass is 16.3. The van der Waals surface area contributed by atoms with Crippen LogP contribution in [-0.2, 0) is 16.1 Å². The fourth-order valence-corrected chi connectivity index (χ4v) is 8.59. The molecule has 3 aromatic rings. The number of nitrogens with zero attached hydrogens (tertiary/aromatic N) is 5. The fraction of sp³-hybridized carbons (Fsp3) is 0.447. The van der Waals surface area contributed by atoms with Crippen LogP contribution in [-0.4, -0.2) is 81.1 Å². The summed E-state index contributed by atoms with van der Waals surface area (Å²) < 4.78 is 0. The molecule has 3 amide bonds. The Balaban J connectivity index is 0.818. The van der Waals surface area contributed by atoms with Gasteiger partial charge in [0.25, 0.3) is 5.91 Å². The first-order valence-corrected chi connectivity index (χ1v) is 17.4. The number of fused-ring (bicyclic) bond motifs is 1. The first-order chi connectivity index (χ1) is 23.7. The maximum atomic E-state index is 13.1. The van der Waals surface area contributed by atoms with Gasteiger partial charge in [-0.1, -0.05) is 24.0 Å². The second-order valence-electron chi connectivity index (χ2n) is 14.4. The molecule has 8 rings (SSSR count). The average Bonchev–Trinajstić information content (AvgIpc) is 3.42. The zero-order chi connectivity index (χ0) is 33.7. The minimum atomic E-state index is -0.590. The van der Waals surface area contributed by atoms with E-state index in [1.54, 1.807) is 23.1 Å². The van der Waals surface area contributed by atoms with E-state index in [9.17, 15) is 19.5 Å². The number of rotatable bonds is 4. The van der Waals surface area contributed by atoms with Gasteiger partial charge in [0.05, 0.1) is 11.3 Å². The number of imide groups is 1. The number of hydrogen-bond acceptors (Lipinski definition) is 9. The molecule has 4 heterocycles. The Morgan fingerprint density at radius 2 is 1.69 bits per heavy atom. The van der Waals surface area contributed by atoms with Crippen LogP contribution in [0.3, 0.4) is 0 Å². The van der Waals surface area contributed by atoms with Gasteiger partial charge in [-0.3, -0.25) is 24.6 Å². The number of anilines is 2. The molecule has 0 radical (unpaired) electrons. The number of carbonyl (C=O) groups is 3. The molecule has 5 aliphatic rings. The van der Waals surface area contributed by atoms with Gasteiger partial charge >= 0.3 is 0 Å². The van der Waals surface area contributed by atoms with Crippen LogP contribution in [0.15, 0.2) is 48.5 Å². The zero-order valence-electron chi connectivity index (χ0n) is 27.5. The Labute approximate surface area is 285 Å². The molecule has 3 aliphatic heterocycles. The van der Waals surface area contributed by atoms with Gasteiger partial charge < -0.3 is 20.6 Å². The number of piperazine rings is 1. The largest absolute Gasteiger partial charge is 0.507 e. The SMILES string of the molecule is Nc1nnc(-c2ccccc2O)cc1C#CC1CCC2(CC1)CC(N1CCN(c3ccc4c(c3)CN(C3CCC(=O)NC3=O)C4=O)CC1)C2. The predicted molar refractivity (Wildman–Crippen MR) is 184 cm³/mol. The number of nitrogens with one attached hydrogen (secondary N) is 1. The van der Waals surface area contributed by atoms with Gasteiger partial charge in [0.2, 0.25) is 11.8 Å². The van der Waals surface area contributed by atoms with E-state index in [2.05, 4.69) is 43.2 Å². The van der Waals surface area contributed by atoms with Crippen molar-refractivity contribution < 1.29 is 19.5 Å². The van der Waals surface area contributed by atoms with Crippen LogP contribution < -0.4 is 16.0 Å². The van der Waals surface area contributed by atoms with Crippen molar-refractivity contribution in [2.45, 2.75) is 70.0 Å². The first kappa shape index (κ1) is 31.3. The minimum absolute atomic E-state index is 0.129. The Kier molecular flexibility index (Phi) is 7.99. The van der Waals surface area contributed by atoms with E-state index >= 15 is 0 Å². The molecular weight excluding hydrogens is 618 g/mol. The van der Waals surface area contributed by atoms with Crippen molar-refractivity contribution in [3.63, 3.8) is 0 Å². The normalized spacial score (nSPS) is 26.9. The van der Waals surface area contributed by atoms with E-state index in [-0.39, 0.29) is 29.9 Å². The lowest BCUT2D eigenvalue weighted by atomic mass is 9.56. The molecule has 49 heavy (non-hydrogen) atoms. The number of para-hydroxylation sites is 1. The van der Waals surface area contributed by atoms with Gasteiger partial charge in [-0.05, 0) is 92.3 Å². The zero-order valence-corrected chi connectivity index (χ0v) is 27.5. The van der Waals surface area contributed by atoms with Crippen LogP contribution in [0.1, 0.15) is 72.9 Å². The molecule has 4 fully saturated rings. The van der Waals surface area contributed by atoms with Crippen molar-refractivity contribution in [1.29, 1.82) is 0 Å². The van der Waals surface area contributed by atoms with E-state index in [4.69, 9.17) is 5.73 Å². The minimum Gasteiger partial charge on any atom is -0.507 e. The van der Waals surface area contributed by atoms with E-state index < -0.39 is 6.04 Å². The summed E-state index contributed by atoms with van der Waals surface area (Å²) in [5.41, 5.74) is 11.1. The summed E-state index contributed by atoms with van der Waals surface area (Å²) >= 11 is 0. The molecule has 2 aliphatic carbocycles. The third-order valence-corrected chi connectivity index (χ3v) is 11.5. The van der Waals surface area contributed by atoms with Gasteiger partial charge in [0.15, 0.2) is 5.82 Å². The summed E-state index contributed by atoms with van der Waals surface area (Å²) in [7, 11) is 0. The van der Waals surface area contributed by atoms with Gasteiger partial charge in [0, 0.05) is 67.9 Å². The van der Waals surface area contributed by atoms with Gasteiger partial charge in [-0.2, -0.15) is 0 Å². The van der Waals surface area contributed by atoms with Crippen molar-refractivity contribution in [3.05, 3.63) is 65.2 Å². The lowest BCUT2D eigenvalue weighted by Crippen LogP contribution is -2.57. The average molecular weight is 660 g/mol. The van der Waals surface area contributed by atoms with Crippen LogP contribution in [0, 0.1) is 23.2 Å². The third-order valence-electron chi connectivity index (χ3n) is 11.5. The topological polar surface area (TPSA) is 145 Å². The number of nitrogen functional groups attached to an aromatic ring is 1. The number of hydrogen-bond donors (Lipinski definition) is 3. The van der Waals surface area contributed by atoms with Crippen molar-refractivity contribution in [3.8, 4) is 28.8 Å². The number of phenols is 1. The van der Waals surface area contributed by atoms with E-state index in [1.807, 2.05) is 24.3 Å². The summed E-state index contributed by atoms with van der Waals surface area (Å²) in [5.74, 6) is 6.76. The number of piperidine rings is 1. The fourth-order valence-electron chi connectivity index (χ4n) is 8.59. The molecule has 4 N–H and O–H groups in total. The Hall–Kier alpha value is -4.95. The van der Waals surface area contributed by atoms with Crippen LogP contribution >= 0.6 is 0 Å². The van der Waals surface area contributed by atoms with Crippen molar-refractivity contribution in [1.82, 2.24) is 25.3 Å². The molecule has 0 bridgehead atoms. The molecule has 2 saturated heterocycles. The summed E-state index contributed by atoms with van der Waals surface area (Å²) in [6, 6.07) is 15.0. The highest BCUT2D eigenvalue weighted by Gasteiger charge is 2.48. The van der Waals surface area contributed by atoms with Crippen LogP contribution in [0.25, 0.3) is 11.3 Å². The summed E-state index contributed by atoms with van der Waals surface area (Å²) in [5, 5.41) is 20.8. The van der Waals surface area contributed by atoms with E-state index in [1.165, 1.54) is 25.7 Å². The van der Waals surface area contributed by atoms with Gasteiger partial charge in [-0.25, -0.2) is 0 Å². The monoisotopic (exact) mass is 659 g/mol. The molecule has 1 atom stereocenters.